The average molecular weight is 492 g/mol. The van der Waals surface area contributed by atoms with Crippen molar-refractivity contribution in [1.82, 2.24) is 29.6 Å². The van der Waals surface area contributed by atoms with Crippen LogP contribution in [0.3, 0.4) is 0 Å². The Morgan fingerprint density at radius 3 is 2.83 bits per heavy atom. The second-order valence-corrected chi connectivity index (χ2v) is 9.57. The van der Waals surface area contributed by atoms with Crippen molar-refractivity contribution in [2.24, 2.45) is 0 Å². The van der Waals surface area contributed by atoms with Crippen molar-refractivity contribution in [3.63, 3.8) is 0 Å². The minimum absolute atomic E-state index is 0.0910. The summed E-state index contributed by atoms with van der Waals surface area (Å²) >= 11 is 0. The third-order valence-corrected chi connectivity index (χ3v) is 6.61. The van der Waals surface area contributed by atoms with Crippen LogP contribution in [0.5, 0.6) is 0 Å². The van der Waals surface area contributed by atoms with Gasteiger partial charge in [0.15, 0.2) is 5.82 Å². The summed E-state index contributed by atoms with van der Waals surface area (Å²) in [6, 6.07) is 7.13. The quantitative estimate of drug-likeness (QED) is 0.522. The molecule has 2 amide bonds. The number of nitrogens with one attached hydrogen (secondary N) is 1. The van der Waals surface area contributed by atoms with Crippen LogP contribution >= 0.6 is 0 Å². The summed E-state index contributed by atoms with van der Waals surface area (Å²) in [5.74, 6) is 1.65. The maximum atomic E-state index is 13.0. The van der Waals surface area contributed by atoms with E-state index in [0.29, 0.717) is 43.5 Å². The van der Waals surface area contributed by atoms with Crippen molar-refractivity contribution >= 4 is 17.8 Å². The molecule has 0 aliphatic carbocycles. The van der Waals surface area contributed by atoms with Gasteiger partial charge in [-0.1, -0.05) is 6.07 Å². The molecular weight excluding hydrogens is 462 g/mol. The number of hydrogen-bond donors (Lipinski definition) is 1. The third-order valence-electron chi connectivity index (χ3n) is 6.61. The van der Waals surface area contributed by atoms with E-state index in [2.05, 4.69) is 43.9 Å². The second-order valence-electron chi connectivity index (χ2n) is 9.57. The Hall–Kier alpha value is -3.86. The minimum Gasteiger partial charge on any atom is -0.447 e. The highest BCUT2D eigenvalue weighted by Gasteiger charge is 2.34. The smallest absolute Gasteiger partial charge is 0.410 e. The van der Waals surface area contributed by atoms with E-state index >= 15 is 0 Å². The number of methoxy groups -OCH3 is 1. The summed E-state index contributed by atoms with van der Waals surface area (Å²) < 4.78 is 12.3. The molecule has 2 aliphatic heterocycles. The van der Waals surface area contributed by atoms with E-state index < -0.39 is 6.09 Å². The van der Waals surface area contributed by atoms with Gasteiger partial charge >= 0.3 is 6.09 Å². The lowest BCUT2D eigenvalue weighted by atomic mass is 10.0. The standard InChI is InChI=1S/C25H29N7O4/c1-25(2)9-7-21-29-30-22(32(21)25)18-5-4-6-20(27-18)28-23(33)19-13-17-15-31(10-8-16(17)14-26-19)24(34)36-12-11-35-3/h4-6,13-14H,7-12,15H2,1-3H3,(H,27,28,33). The van der Waals surface area contributed by atoms with Crippen LogP contribution in [-0.2, 0) is 34.4 Å². The Kier molecular flexibility index (Phi) is 6.40. The fourth-order valence-electron chi connectivity index (χ4n) is 4.64. The number of carbonyl (C=O) groups excluding carboxylic acids is 2. The number of pyridine rings is 2. The van der Waals surface area contributed by atoms with Crippen LogP contribution in [0.15, 0.2) is 30.5 Å². The van der Waals surface area contributed by atoms with Crippen LogP contribution in [-0.4, -0.2) is 68.5 Å². The van der Waals surface area contributed by atoms with Gasteiger partial charge < -0.3 is 24.3 Å². The largest absolute Gasteiger partial charge is 0.447 e. The van der Waals surface area contributed by atoms with Gasteiger partial charge in [-0.15, -0.1) is 10.2 Å². The number of aryl methyl sites for hydroxylation is 1. The number of carbonyl (C=O) groups is 2. The number of fused-ring (bicyclic) bond motifs is 2. The maximum absolute atomic E-state index is 13.0. The number of rotatable bonds is 6. The van der Waals surface area contributed by atoms with Crippen molar-refractivity contribution in [3.8, 4) is 11.5 Å². The minimum atomic E-state index is -0.398. The van der Waals surface area contributed by atoms with Gasteiger partial charge in [0.2, 0.25) is 0 Å². The van der Waals surface area contributed by atoms with Crippen molar-refractivity contribution in [1.29, 1.82) is 0 Å². The Bertz CT molecular complexity index is 1300. The van der Waals surface area contributed by atoms with E-state index in [-0.39, 0.29) is 23.7 Å². The zero-order chi connectivity index (χ0) is 25.3. The third kappa shape index (κ3) is 4.66. The number of hydrogen-bond acceptors (Lipinski definition) is 8. The topological polar surface area (TPSA) is 124 Å². The molecule has 3 aromatic heterocycles. The zero-order valence-electron chi connectivity index (χ0n) is 20.7. The molecule has 0 unspecified atom stereocenters. The van der Waals surface area contributed by atoms with Crippen LogP contribution in [0.4, 0.5) is 10.6 Å². The van der Waals surface area contributed by atoms with Crippen molar-refractivity contribution in [2.45, 2.75) is 45.2 Å². The Balaban J connectivity index is 1.30. The molecule has 3 aromatic rings. The first-order valence-electron chi connectivity index (χ1n) is 12.0. The highest BCUT2D eigenvalue weighted by Crippen LogP contribution is 2.34. The van der Waals surface area contributed by atoms with Gasteiger partial charge in [0, 0.05) is 38.4 Å². The maximum Gasteiger partial charge on any atom is 0.410 e. The molecular formula is C25H29N7O4. The van der Waals surface area contributed by atoms with Crippen LogP contribution in [0.2, 0.25) is 0 Å². The van der Waals surface area contributed by atoms with Crippen LogP contribution in [0.25, 0.3) is 11.5 Å². The summed E-state index contributed by atoms with van der Waals surface area (Å²) in [6.45, 7) is 5.74. The molecule has 5 rings (SSSR count). The lowest BCUT2D eigenvalue weighted by Crippen LogP contribution is -2.37. The van der Waals surface area contributed by atoms with Crippen LogP contribution < -0.4 is 5.32 Å². The molecule has 11 heteroatoms. The Labute approximate surface area is 208 Å². The molecule has 2 aliphatic rings. The van der Waals surface area contributed by atoms with E-state index in [0.717, 1.165) is 29.8 Å². The van der Waals surface area contributed by atoms with Crippen molar-refractivity contribution in [2.75, 3.05) is 32.2 Å². The monoisotopic (exact) mass is 491 g/mol. The molecule has 0 saturated heterocycles. The molecule has 0 spiro atoms. The molecule has 11 nitrogen and oxygen atoms in total. The van der Waals surface area contributed by atoms with Crippen LogP contribution in [0, 0.1) is 0 Å². The number of ether oxygens (including phenoxy) is 2. The second kappa shape index (κ2) is 9.65. The van der Waals surface area contributed by atoms with Gasteiger partial charge in [-0.05, 0) is 56.0 Å². The van der Waals surface area contributed by atoms with Gasteiger partial charge in [0.1, 0.15) is 29.6 Å². The van der Waals surface area contributed by atoms with Gasteiger partial charge in [0.25, 0.3) is 5.91 Å². The first-order chi connectivity index (χ1) is 17.4. The summed E-state index contributed by atoms with van der Waals surface area (Å²) in [5.41, 5.74) is 2.68. The molecule has 0 aromatic carbocycles. The number of amides is 2. The molecule has 0 saturated carbocycles. The fourth-order valence-corrected chi connectivity index (χ4v) is 4.64. The van der Waals surface area contributed by atoms with Gasteiger partial charge in [-0.2, -0.15) is 0 Å². The Morgan fingerprint density at radius 2 is 2.00 bits per heavy atom. The van der Waals surface area contributed by atoms with E-state index in [9.17, 15) is 9.59 Å². The normalized spacial score (nSPS) is 15.8. The average Bonchev–Trinajstić information content (AvgIpc) is 3.44. The number of aromatic nitrogens is 5. The summed E-state index contributed by atoms with van der Waals surface area (Å²) in [6.07, 6.45) is 3.82. The van der Waals surface area contributed by atoms with Gasteiger partial charge in [0.05, 0.1) is 6.61 Å². The summed E-state index contributed by atoms with van der Waals surface area (Å²) in [7, 11) is 1.55. The summed E-state index contributed by atoms with van der Waals surface area (Å²) in [4.78, 5) is 35.9. The van der Waals surface area contributed by atoms with Crippen molar-refractivity contribution in [3.05, 3.63) is 53.1 Å². The lowest BCUT2D eigenvalue weighted by Gasteiger charge is -2.28. The van der Waals surface area contributed by atoms with E-state index in [1.165, 1.54) is 0 Å². The predicted octanol–water partition coefficient (Wildman–Crippen LogP) is 2.81. The Morgan fingerprint density at radius 1 is 1.14 bits per heavy atom. The summed E-state index contributed by atoms with van der Waals surface area (Å²) in [5, 5.41) is 11.5. The van der Waals surface area contributed by atoms with Gasteiger partial charge in [-0.25, -0.2) is 9.78 Å². The first kappa shape index (κ1) is 23.9. The predicted molar refractivity (Wildman–Crippen MR) is 130 cm³/mol. The SMILES string of the molecule is COCCOC(=O)N1CCc2cnc(C(=O)Nc3cccc(-c4nnc5n4C(C)(C)CC5)n3)cc2C1. The molecule has 0 radical (unpaired) electrons. The molecule has 1 N–H and O–H groups in total. The molecule has 36 heavy (non-hydrogen) atoms. The lowest BCUT2D eigenvalue weighted by molar-refractivity contribution is 0.0688. The molecule has 188 valence electrons. The highest BCUT2D eigenvalue weighted by molar-refractivity contribution is 6.02. The first-order valence-corrected chi connectivity index (χ1v) is 12.0. The molecule has 0 bridgehead atoms. The van der Waals surface area contributed by atoms with E-state index in [1.54, 1.807) is 30.3 Å². The highest BCUT2D eigenvalue weighted by atomic mass is 16.6. The van der Waals surface area contributed by atoms with Crippen LogP contribution in [0.1, 0.15) is 47.7 Å². The number of nitrogens with zero attached hydrogens (tertiary/aromatic N) is 6. The molecule has 0 atom stereocenters. The van der Waals surface area contributed by atoms with Gasteiger partial charge in [-0.3, -0.25) is 9.78 Å². The fraction of sp³-hybridized carbons (Fsp3) is 0.440. The number of anilines is 1. The van der Waals surface area contributed by atoms with E-state index in [4.69, 9.17) is 9.47 Å². The molecule has 0 fully saturated rings. The zero-order valence-corrected chi connectivity index (χ0v) is 20.7. The van der Waals surface area contributed by atoms with Crippen molar-refractivity contribution < 1.29 is 19.1 Å². The molecule has 5 heterocycles. The van der Waals surface area contributed by atoms with E-state index in [1.807, 2.05) is 12.1 Å².